The Labute approximate surface area is 171 Å². The molecule has 135 valence electrons. The average molecular weight is 464 g/mol. The van der Waals surface area contributed by atoms with Crippen LogP contribution in [0.2, 0.25) is 13.1 Å². The van der Waals surface area contributed by atoms with E-state index < -0.39 is 26.8 Å². The second-order valence-corrected chi connectivity index (χ2v) is 28.6. The summed E-state index contributed by atoms with van der Waals surface area (Å²) in [5, 5.41) is 0. The third kappa shape index (κ3) is 5.83. The van der Waals surface area contributed by atoms with Gasteiger partial charge in [-0.1, -0.05) is 0 Å². The van der Waals surface area contributed by atoms with E-state index in [9.17, 15) is 0 Å². The van der Waals surface area contributed by atoms with Crippen molar-refractivity contribution in [1.29, 1.82) is 0 Å². The first kappa shape index (κ1) is 24.6. The zero-order valence-corrected chi connectivity index (χ0v) is 21.7. The van der Waals surface area contributed by atoms with Gasteiger partial charge in [-0.3, -0.25) is 0 Å². The summed E-state index contributed by atoms with van der Waals surface area (Å²) in [6.45, 7) is 19.3. The van der Waals surface area contributed by atoms with Gasteiger partial charge in [-0.05, 0) is 0 Å². The van der Waals surface area contributed by atoms with Crippen molar-refractivity contribution in [3.63, 3.8) is 0 Å². The minimum absolute atomic E-state index is 0. The molecular formula is C20H33Cl2SiZr. The van der Waals surface area contributed by atoms with E-state index in [4.69, 9.17) is 0 Å². The van der Waals surface area contributed by atoms with Crippen molar-refractivity contribution in [1.82, 2.24) is 0 Å². The standard InChI is InChI=1S/2C9H13.C2H7Si.2ClH.Zr/c2*1-9(2,3)8-6-4-5-7-8;1-3-2;;;/h2*6-7H,4H2,1-3H3;3H,1-2H3;2*1H;/q;;;;;+2/p-2. The zero-order chi connectivity index (χ0) is 16.7. The van der Waals surface area contributed by atoms with Gasteiger partial charge in [0.05, 0.1) is 0 Å². The summed E-state index contributed by atoms with van der Waals surface area (Å²) < 4.78 is 3.76. The number of hydrogen-bond donors (Lipinski definition) is 0. The number of allylic oxidation sites excluding steroid dienone is 8. The van der Waals surface area contributed by atoms with E-state index in [0.717, 1.165) is 0 Å². The largest absolute Gasteiger partial charge is 1.00 e. The molecule has 0 spiro atoms. The van der Waals surface area contributed by atoms with Crippen molar-refractivity contribution >= 4 is 5.92 Å². The first-order valence-electron chi connectivity index (χ1n) is 8.70. The van der Waals surface area contributed by atoms with Crippen molar-refractivity contribution in [2.75, 3.05) is 0 Å². The SMILES string of the molecule is C[SiH](C)[Zr+2]([C]1=CC(C(C)(C)C)=CC1)[C]1=CC(C(C)(C)C)=CC1.[Cl-].[Cl-]. The summed E-state index contributed by atoms with van der Waals surface area (Å²) >= 11 is -1.55. The van der Waals surface area contributed by atoms with Crippen LogP contribution in [0.1, 0.15) is 54.4 Å². The van der Waals surface area contributed by atoms with Crippen LogP contribution in [0, 0.1) is 10.8 Å². The fourth-order valence-electron chi connectivity index (χ4n) is 3.42. The second kappa shape index (κ2) is 9.03. The predicted molar refractivity (Wildman–Crippen MR) is 99.4 cm³/mol. The van der Waals surface area contributed by atoms with Crippen LogP contribution in [0.15, 0.2) is 42.0 Å². The minimum Gasteiger partial charge on any atom is -1.00 e. The summed E-state index contributed by atoms with van der Waals surface area (Å²) in [6, 6.07) is 0. The van der Waals surface area contributed by atoms with Gasteiger partial charge in [-0.25, -0.2) is 0 Å². The molecular weight excluding hydrogens is 430 g/mol. The number of halogens is 2. The van der Waals surface area contributed by atoms with E-state index in [0.29, 0.717) is 10.8 Å². The van der Waals surface area contributed by atoms with E-state index in [1.54, 1.807) is 11.1 Å². The Bertz CT molecular complexity index is 521. The fourth-order valence-corrected chi connectivity index (χ4v) is 22.3. The van der Waals surface area contributed by atoms with E-state index in [1.165, 1.54) is 12.8 Å². The van der Waals surface area contributed by atoms with Gasteiger partial charge in [0, 0.05) is 0 Å². The van der Waals surface area contributed by atoms with Gasteiger partial charge in [0.2, 0.25) is 0 Å². The Balaban J connectivity index is 0.00000264. The molecule has 0 atom stereocenters. The van der Waals surface area contributed by atoms with Crippen molar-refractivity contribution in [3.05, 3.63) is 42.0 Å². The molecule has 0 N–H and O–H groups in total. The molecule has 0 aromatic carbocycles. The average Bonchev–Trinajstić information content (AvgIpc) is 2.95. The van der Waals surface area contributed by atoms with Crippen molar-refractivity contribution in [2.45, 2.75) is 67.5 Å². The summed E-state index contributed by atoms with van der Waals surface area (Å²) in [7, 11) is 0. The maximum absolute atomic E-state index is 2.61. The van der Waals surface area contributed by atoms with E-state index >= 15 is 0 Å². The molecule has 0 bridgehead atoms. The van der Waals surface area contributed by atoms with Gasteiger partial charge in [0.15, 0.2) is 0 Å². The number of hydrogen-bond acceptors (Lipinski definition) is 0. The summed E-state index contributed by atoms with van der Waals surface area (Å²) in [4.78, 5) is 0. The van der Waals surface area contributed by atoms with Crippen molar-refractivity contribution in [3.8, 4) is 0 Å². The van der Waals surface area contributed by atoms with E-state index in [2.05, 4.69) is 78.9 Å². The zero-order valence-electron chi connectivity index (χ0n) is 16.6. The van der Waals surface area contributed by atoms with E-state index in [-0.39, 0.29) is 24.8 Å². The third-order valence-corrected chi connectivity index (χ3v) is 23.9. The molecule has 0 saturated carbocycles. The van der Waals surface area contributed by atoms with Crippen LogP contribution in [-0.2, 0) is 20.9 Å². The molecule has 24 heavy (non-hydrogen) atoms. The fraction of sp³-hybridized carbons (Fsp3) is 0.600. The third-order valence-electron chi connectivity index (χ3n) is 4.74. The smallest absolute Gasteiger partial charge is 1.00 e. The first-order chi connectivity index (χ1) is 10.00. The van der Waals surface area contributed by atoms with Crippen molar-refractivity contribution in [2.24, 2.45) is 10.8 Å². The molecule has 0 saturated heterocycles. The molecule has 0 aliphatic heterocycles. The van der Waals surface area contributed by atoms with E-state index in [1.807, 2.05) is 6.56 Å². The first-order valence-corrected chi connectivity index (χ1v) is 18.3. The number of rotatable bonds is 3. The quantitative estimate of drug-likeness (QED) is 0.522. The van der Waals surface area contributed by atoms with Crippen LogP contribution in [0.5, 0.6) is 0 Å². The van der Waals surface area contributed by atoms with Gasteiger partial charge >= 0.3 is 147 Å². The molecule has 0 nitrogen and oxygen atoms in total. The van der Waals surface area contributed by atoms with Gasteiger partial charge < -0.3 is 24.8 Å². The Morgan fingerprint density at radius 2 is 1.08 bits per heavy atom. The topological polar surface area (TPSA) is 0 Å². The predicted octanol–water partition coefficient (Wildman–Crippen LogP) is 0.116. The normalized spacial score (nSPS) is 17.5. The van der Waals surface area contributed by atoms with Crippen LogP contribution < -0.4 is 24.8 Å². The molecule has 0 unspecified atom stereocenters. The summed E-state index contributed by atoms with van der Waals surface area (Å²) in [5.74, 6) is -0.561. The van der Waals surface area contributed by atoms with Crippen LogP contribution in [0.4, 0.5) is 0 Å². The Morgan fingerprint density at radius 3 is 1.29 bits per heavy atom. The van der Waals surface area contributed by atoms with Gasteiger partial charge in [-0.2, -0.15) is 0 Å². The van der Waals surface area contributed by atoms with Crippen molar-refractivity contribution < 1.29 is 45.7 Å². The maximum atomic E-state index is 2.61. The Morgan fingerprint density at radius 1 is 0.750 bits per heavy atom. The monoisotopic (exact) mass is 461 g/mol. The molecule has 0 amide bonds. The van der Waals surface area contributed by atoms with Gasteiger partial charge in [0.1, 0.15) is 0 Å². The molecule has 0 heterocycles. The molecule has 0 fully saturated rings. The molecule has 0 aromatic heterocycles. The van der Waals surface area contributed by atoms with Crippen LogP contribution in [0.25, 0.3) is 0 Å². The molecule has 0 aromatic rings. The van der Waals surface area contributed by atoms with Gasteiger partial charge in [0.25, 0.3) is 0 Å². The summed E-state index contributed by atoms with van der Waals surface area (Å²) in [5.41, 5.74) is 3.79. The minimum atomic E-state index is -1.55. The maximum Gasteiger partial charge on any atom is -1.00 e. The Hall–Kier alpha value is 0.640. The van der Waals surface area contributed by atoms with Crippen LogP contribution in [-0.4, -0.2) is 5.92 Å². The molecule has 2 rings (SSSR count). The van der Waals surface area contributed by atoms with Crippen LogP contribution in [0.3, 0.4) is 0 Å². The summed E-state index contributed by atoms with van der Waals surface area (Å²) in [6.07, 6.45) is 12.8. The molecule has 2 aliphatic carbocycles. The van der Waals surface area contributed by atoms with Gasteiger partial charge in [-0.15, -0.1) is 0 Å². The second-order valence-electron chi connectivity index (χ2n) is 9.13. The molecule has 4 heteroatoms. The van der Waals surface area contributed by atoms with Crippen LogP contribution >= 0.6 is 0 Å². The molecule has 2 aliphatic rings. The Kier molecular flexibility index (Phi) is 9.27. The molecule has 0 radical (unpaired) electrons.